The topological polar surface area (TPSA) is 30.9 Å². The van der Waals surface area contributed by atoms with Crippen molar-refractivity contribution in [2.45, 2.75) is 44.1 Å². The monoisotopic (exact) mass is 474 g/mol. The largest absolute Gasteiger partial charge is 0.355 e. The Bertz CT molecular complexity index is 618. The van der Waals surface area contributed by atoms with Crippen LogP contribution in [0.2, 0.25) is 0 Å². The molecule has 0 bridgehead atoms. The van der Waals surface area contributed by atoms with Crippen LogP contribution < -0.4 is 5.32 Å². The first-order valence-corrected chi connectivity index (χ1v) is 9.50. The molecule has 0 radical (unpaired) electrons. The fourth-order valence-electron chi connectivity index (χ4n) is 4.09. The van der Waals surface area contributed by atoms with Gasteiger partial charge in [-0.05, 0) is 56.5 Å². The summed E-state index contributed by atoms with van der Waals surface area (Å²) in [5, 5.41) is 3.53. The van der Waals surface area contributed by atoms with E-state index in [0.29, 0.717) is 6.04 Å². The van der Waals surface area contributed by atoms with Crippen LogP contribution in [0.3, 0.4) is 0 Å². The second-order valence-electron chi connectivity index (χ2n) is 7.50. The molecule has 3 rings (SSSR count). The third-order valence-corrected chi connectivity index (χ3v) is 5.84. The summed E-state index contributed by atoms with van der Waals surface area (Å²) in [5.41, 5.74) is 1.17. The highest BCUT2D eigenvalue weighted by atomic mass is 127. The summed E-state index contributed by atoms with van der Waals surface area (Å²) in [6.07, 6.45) is 4.77. The molecule has 6 heteroatoms. The molecule has 2 aliphatic rings. The van der Waals surface area contributed by atoms with E-state index in [9.17, 15) is 4.39 Å². The molecule has 4 nitrogen and oxygen atoms in total. The van der Waals surface area contributed by atoms with Gasteiger partial charge >= 0.3 is 0 Å². The summed E-state index contributed by atoms with van der Waals surface area (Å²) in [7, 11) is 3.95. The molecule has 1 saturated heterocycles. The molecule has 1 heterocycles. The summed E-state index contributed by atoms with van der Waals surface area (Å²) in [4.78, 5) is 9.25. The standard InChI is InChI=1S/C20H31FN4.HI/c1-4-25-12-6-9-18(25)14-24(3)19(22-2)23-15-20(10-11-20)16-7-5-8-17(21)13-16;/h5,7-8,13,18H,4,6,9-12,14-15H2,1-3H3,(H,22,23);1H. The molecule has 1 unspecified atom stereocenters. The first kappa shape index (κ1) is 21.4. The van der Waals surface area contributed by atoms with Gasteiger partial charge in [-0.25, -0.2) is 4.39 Å². The van der Waals surface area contributed by atoms with Crippen LogP contribution in [0.1, 0.15) is 38.2 Å². The van der Waals surface area contributed by atoms with Gasteiger partial charge in [0, 0.05) is 38.6 Å². The molecule has 1 aliphatic carbocycles. The van der Waals surface area contributed by atoms with Crippen LogP contribution in [0.15, 0.2) is 29.3 Å². The average Bonchev–Trinajstić information content (AvgIpc) is 3.27. The van der Waals surface area contributed by atoms with Crippen molar-refractivity contribution in [2.24, 2.45) is 4.99 Å². The molecule has 0 amide bonds. The Morgan fingerprint density at radius 2 is 2.19 bits per heavy atom. The van der Waals surface area contributed by atoms with Crippen LogP contribution in [0.25, 0.3) is 0 Å². The number of nitrogens with one attached hydrogen (secondary N) is 1. The number of aliphatic imine (C=N–C) groups is 1. The van der Waals surface area contributed by atoms with Crippen LogP contribution >= 0.6 is 24.0 Å². The van der Waals surface area contributed by atoms with Gasteiger partial charge in [-0.1, -0.05) is 19.1 Å². The van der Waals surface area contributed by atoms with Crippen molar-refractivity contribution in [1.29, 1.82) is 0 Å². The Hall–Kier alpha value is -0.890. The zero-order chi connectivity index (χ0) is 17.9. The van der Waals surface area contributed by atoms with E-state index in [1.807, 2.05) is 19.2 Å². The summed E-state index contributed by atoms with van der Waals surface area (Å²) >= 11 is 0. The second kappa shape index (κ2) is 9.35. The van der Waals surface area contributed by atoms with Gasteiger partial charge in [-0.15, -0.1) is 24.0 Å². The molecule has 26 heavy (non-hydrogen) atoms. The fraction of sp³-hybridized carbons (Fsp3) is 0.650. The number of benzene rings is 1. The van der Waals surface area contributed by atoms with E-state index in [4.69, 9.17) is 0 Å². The fourth-order valence-corrected chi connectivity index (χ4v) is 4.09. The average molecular weight is 474 g/mol. The third-order valence-electron chi connectivity index (χ3n) is 5.84. The van der Waals surface area contributed by atoms with Crippen LogP contribution in [-0.2, 0) is 5.41 Å². The van der Waals surface area contributed by atoms with Crippen molar-refractivity contribution in [1.82, 2.24) is 15.1 Å². The van der Waals surface area contributed by atoms with Crippen molar-refractivity contribution < 1.29 is 4.39 Å². The lowest BCUT2D eigenvalue weighted by atomic mass is 9.96. The van der Waals surface area contributed by atoms with Crippen LogP contribution in [0.4, 0.5) is 4.39 Å². The minimum Gasteiger partial charge on any atom is -0.355 e. The van der Waals surface area contributed by atoms with Crippen molar-refractivity contribution in [2.75, 3.05) is 40.3 Å². The zero-order valence-electron chi connectivity index (χ0n) is 16.2. The quantitative estimate of drug-likeness (QED) is 0.389. The number of likely N-dealkylation sites (tertiary alicyclic amines) is 1. The Labute approximate surface area is 174 Å². The van der Waals surface area contributed by atoms with Crippen molar-refractivity contribution >= 4 is 29.9 Å². The summed E-state index contributed by atoms with van der Waals surface area (Å²) in [6.45, 7) is 6.38. The number of hydrogen-bond donors (Lipinski definition) is 1. The molecule has 1 saturated carbocycles. The molecule has 1 aromatic carbocycles. The molecule has 1 N–H and O–H groups in total. The maximum absolute atomic E-state index is 13.6. The maximum atomic E-state index is 13.6. The lowest BCUT2D eigenvalue weighted by Crippen LogP contribution is -2.47. The lowest BCUT2D eigenvalue weighted by Gasteiger charge is -2.30. The minimum absolute atomic E-state index is 0. The molecule has 1 atom stereocenters. The van der Waals surface area contributed by atoms with Crippen LogP contribution in [0, 0.1) is 5.82 Å². The highest BCUT2D eigenvalue weighted by Crippen LogP contribution is 2.47. The van der Waals surface area contributed by atoms with Gasteiger partial charge in [0.15, 0.2) is 5.96 Å². The number of halogens is 2. The van der Waals surface area contributed by atoms with E-state index in [-0.39, 0.29) is 35.2 Å². The molecular formula is C20H32FIN4. The number of hydrogen-bond acceptors (Lipinski definition) is 2. The molecule has 1 aliphatic heterocycles. The highest BCUT2D eigenvalue weighted by Gasteiger charge is 2.44. The molecule has 1 aromatic rings. The van der Waals surface area contributed by atoms with Gasteiger partial charge in [-0.2, -0.15) is 0 Å². The van der Waals surface area contributed by atoms with Crippen molar-refractivity contribution in [3.63, 3.8) is 0 Å². The molecule has 146 valence electrons. The predicted octanol–water partition coefficient (Wildman–Crippen LogP) is 3.47. The minimum atomic E-state index is -0.147. The highest BCUT2D eigenvalue weighted by molar-refractivity contribution is 14.0. The normalized spacial score (nSPS) is 22.0. The predicted molar refractivity (Wildman–Crippen MR) is 117 cm³/mol. The molecule has 0 spiro atoms. The van der Waals surface area contributed by atoms with E-state index in [1.54, 1.807) is 6.07 Å². The van der Waals surface area contributed by atoms with Gasteiger partial charge in [0.1, 0.15) is 5.82 Å². The van der Waals surface area contributed by atoms with Crippen LogP contribution in [0.5, 0.6) is 0 Å². The molecule has 2 fully saturated rings. The first-order valence-electron chi connectivity index (χ1n) is 9.50. The third kappa shape index (κ3) is 4.88. The van der Waals surface area contributed by atoms with Gasteiger partial charge in [0.05, 0.1) is 0 Å². The Balaban J connectivity index is 0.00000243. The maximum Gasteiger partial charge on any atom is 0.193 e. The van der Waals surface area contributed by atoms with Crippen molar-refractivity contribution in [3.8, 4) is 0 Å². The second-order valence-corrected chi connectivity index (χ2v) is 7.50. The number of nitrogens with zero attached hydrogens (tertiary/aromatic N) is 3. The van der Waals surface area contributed by atoms with E-state index in [1.165, 1.54) is 25.5 Å². The molecular weight excluding hydrogens is 442 g/mol. The summed E-state index contributed by atoms with van der Waals surface area (Å²) in [5.74, 6) is 0.789. The van der Waals surface area contributed by atoms with Crippen molar-refractivity contribution in [3.05, 3.63) is 35.6 Å². The first-order chi connectivity index (χ1) is 12.1. The van der Waals surface area contributed by atoms with E-state index >= 15 is 0 Å². The molecule has 0 aromatic heterocycles. The Morgan fingerprint density at radius 3 is 2.81 bits per heavy atom. The Morgan fingerprint density at radius 1 is 1.42 bits per heavy atom. The van der Waals surface area contributed by atoms with Crippen LogP contribution in [-0.4, -0.2) is 62.1 Å². The number of guanidine groups is 1. The zero-order valence-corrected chi connectivity index (χ0v) is 18.5. The van der Waals surface area contributed by atoms with Gasteiger partial charge in [0.2, 0.25) is 0 Å². The number of likely N-dealkylation sites (N-methyl/N-ethyl adjacent to an activating group) is 2. The van der Waals surface area contributed by atoms with E-state index < -0.39 is 0 Å². The van der Waals surface area contributed by atoms with Gasteiger partial charge < -0.3 is 10.2 Å². The SMILES string of the molecule is CCN1CCCC1CN(C)C(=NC)NCC1(c2cccc(F)c2)CC1.I. The lowest BCUT2D eigenvalue weighted by molar-refractivity contribution is 0.232. The van der Waals surface area contributed by atoms with Gasteiger partial charge in [0.25, 0.3) is 0 Å². The number of rotatable bonds is 6. The van der Waals surface area contributed by atoms with Gasteiger partial charge in [-0.3, -0.25) is 9.89 Å². The summed E-state index contributed by atoms with van der Waals surface area (Å²) in [6, 6.07) is 7.67. The van der Waals surface area contributed by atoms with E-state index in [2.05, 4.69) is 34.1 Å². The van der Waals surface area contributed by atoms with E-state index in [0.717, 1.165) is 44.0 Å². The summed E-state index contributed by atoms with van der Waals surface area (Å²) < 4.78 is 13.6. The smallest absolute Gasteiger partial charge is 0.193 e. The Kier molecular flexibility index (Phi) is 7.70.